The van der Waals surface area contributed by atoms with E-state index in [1.165, 1.54) is 0 Å². The summed E-state index contributed by atoms with van der Waals surface area (Å²) >= 11 is 0. The van der Waals surface area contributed by atoms with Crippen LogP contribution in [0.5, 0.6) is 0 Å². The van der Waals surface area contributed by atoms with Crippen molar-refractivity contribution in [1.29, 1.82) is 0 Å². The fraction of sp³-hybridized carbons (Fsp3) is 0.214. The number of rotatable bonds is 3. The Morgan fingerprint density at radius 2 is 1.91 bits per heavy atom. The van der Waals surface area contributed by atoms with E-state index < -0.39 is 11.9 Å². The van der Waals surface area contributed by atoms with Crippen molar-refractivity contribution in [2.75, 3.05) is 5.32 Å². The first-order valence-electron chi connectivity index (χ1n) is 6.71. The molecule has 0 spiro atoms. The number of nitrogens with one attached hydrogen (secondary N) is 3. The number of nitrogens with zero attached hydrogens (tertiary/aromatic N) is 2. The molecule has 1 aromatic carbocycles. The molecule has 0 saturated heterocycles. The number of imidazole rings is 1. The Bertz CT molecular complexity index is 899. The average molecular weight is 323 g/mol. The molecule has 0 fully saturated rings. The molecule has 3 rings (SSSR count). The lowest BCUT2D eigenvalue weighted by Gasteiger charge is -2.15. The molecule has 9 heteroatoms. The van der Waals surface area contributed by atoms with Gasteiger partial charge in [0.2, 0.25) is 5.95 Å². The number of H-pyrrole nitrogens is 2. The van der Waals surface area contributed by atoms with Crippen molar-refractivity contribution >= 4 is 17.0 Å². The molecule has 2 heterocycles. The Morgan fingerprint density at radius 1 is 1.17 bits per heavy atom. The van der Waals surface area contributed by atoms with Gasteiger partial charge in [0.25, 0.3) is 0 Å². The first-order valence-corrected chi connectivity index (χ1v) is 6.71. The van der Waals surface area contributed by atoms with Crippen LogP contribution in [0, 0.1) is 0 Å². The molecule has 3 aromatic rings. The molecule has 0 bridgehead atoms. The zero-order valence-corrected chi connectivity index (χ0v) is 11.9. The lowest BCUT2D eigenvalue weighted by Crippen LogP contribution is -2.13. The molecule has 120 valence electrons. The maximum absolute atomic E-state index is 12.6. The third-order valence-electron chi connectivity index (χ3n) is 3.33. The van der Waals surface area contributed by atoms with Gasteiger partial charge in [0, 0.05) is 6.20 Å². The standard InChI is InChI=1S/C14H12F3N5O/c1-7(8-2-3-9-10(6-8)21-13(23)20-9)19-12-18-5-4-11(22-12)14(15,16)17/h2-7H,1H3,(H,18,19,22)(H2,20,21,23). The predicted octanol–water partition coefficient (Wildman–Crippen LogP) is 2.84. The highest BCUT2D eigenvalue weighted by atomic mass is 19.4. The molecule has 1 atom stereocenters. The van der Waals surface area contributed by atoms with E-state index in [9.17, 15) is 18.0 Å². The molecular weight excluding hydrogens is 311 g/mol. The number of hydrogen-bond donors (Lipinski definition) is 3. The molecule has 1 unspecified atom stereocenters. The van der Waals surface area contributed by atoms with Gasteiger partial charge in [-0.1, -0.05) is 6.07 Å². The first-order chi connectivity index (χ1) is 10.8. The number of hydrogen-bond acceptors (Lipinski definition) is 4. The summed E-state index contributed by atoms with van der Waals surface area (Å²) in [6.07, 6.45) is -3.47. The fourth-order valence-corrected chi connectivity index (χ4v) is 2.18. The van der Waals surface area contributed by atoms with Crippen LogP contribution in [0.15, 0.2) is 35.3 Å². The number of aromatic amines is 2. The van der Waals surface area contributed by atoms with E-state index in [1.54, 1.807) is 25.1 Å². The molecule has 0 aliphatic heterocycles. The van der Waals surface area contributed by atoms with E-state index in [4.69, 9.17) is 0 Å². The van der Waals surface area contributed by atoms with Crippen molar-refractivity contribution in [2.45, 2.75) is 19.1 Å². The second-order valence-corrected chi connectivity index (χ2v) is 5.01. The van der Waals surface area contributed by atoms with Crippen LogP contribution in [-0.2, 0) is 6.18 Å². The molecular formula is C14H12F3N5O. The van der Waals surface area contributed by atoms with Crippen molar-refractivity contribution in [3.05, 3.63) is 52.2 Å². The third-order valence-corrected chi connectivity index (χ3v) is 3.33. The highest BCUT2D eigenvalue weighted by molar-refractivity contribution is 5.75. The number of alkyl halides is 3. The van der Waals surface area contributed by atoms with Crippen LogP contribution in [0.25, 0.3) is 11.0 Å². The SMILES string of the molecule is CC(Nc1nccc(C(F)(F)F)n1)c1ccc2[nH]c(=O)[nH]c2c1. The highest BCUT2D eigenvalue weighted by Gasteiger charge is 2.32. The minimum Gasteiger partial charge on any atom is -0.348 e. The Labute approximate surface area is 127 Å². The summed E-state index contributed by atoms with van der Waals surface area (Å²) in [6.45, 7) is 1.76. The summed E-state index contributed by atoms with van der Waals surface area (Å²) in [5.41, 5.74) is 0.715. The second kappa shape index (κ2) is 5.41. The van der Waals surface area contributed by atoms with Crippen molar-refractivity contribution in [2.24, 2.45) is 0 Å². The maximum Gasteiger partial charge on any atom is 0.433 e. The third kappa shape index (κ3) is 3.17. The molecule has 0 saturated carbocycles. The number of benzene rings is 1. The number of anilines is 1. The molecule has 0 radical (unpaired) electrons. The van der Waals surface area contributed by atoms with Crippen molar-refractivity contribution in [3.63, 3.8) is 0 Å². The maximum atomic E-state index is 12.6. The lowest BCUT2D eigenvalue weighted by molar-refractivity contribution is -0.141. The van der Waals surface area contributed by atoms with E-state index in [1.807, 2.05) is 0 Å². The topological polar surface area (TPSA) is 86.5 Å². The van der Waals surface area contributed by atoms with Crippen LogP contribution in [-0.4, -0.2) is 19.9 Å². The van der Waals surface area contributed by atoms with Gasteiger partial charge in [-0.3, -0.25) is 0 Å². The average Bonchev–Trinajstić information content (AvgIpc) is 2.85. The summed E-state index contributed by atoms with van der Waals surface area (Å²) in [4.78, 5) is 23.7. The fourth-order valence-electron chi connectivity index (χ4n) is 2.18. The van der Waals surface area contributed by atoms with Crippen LogP contribution >= 0.6 is 0 Å². The Morgan fingerprint density at radius 3 is 2.65 bits per heavy atom. The zero-order chi connectivity index (χ0) is 16.6. The van der Waals surface area contributed by atoms with Gasteiger partial charge in [0.05, 0.1) is 17.1 Å². The van der Waals surface area contributed by atoms with Gasteiger partial charge in [0.1, 0.15) is 5.69 Å². The molecule has 0 amide bonds. The van der Waals surface area contributed by atoms with E-state index in [0.29, 0.717) is 11.0 Å². The van der Waals surface area contributed by atoms with Crippen molar-refractivity contribution in [3.8, 4) is 0 Å². The van der Waals surface area contributed by atoms with Crippen LogP contribution in [0.3, 0.4) is 0 Å². The Balaban J connectivity index is 1.85. The minimum absolute atomic E-state index is 0.116. The number of aromatic nitrogens is 4. The Hall–Kier alpha value is -2.84. The first kappa shape index (κ1) is 15.1. The largest absolute Gasteiger partial charge is 0.433 e. The van der Waals surface area contributed by atoms with E-state index in [2.05, 4.69) is 25.3 Å². The van der Waals surface area contributed by atoms with Gasteiger partial charge in [-0.2, -0.15) is 13.2 Å². The summed E-state index contributed by atoms with van der Waals surface area (Å²) < 4.78 is 37.9. The number of halogens is 3. The van der Waals surface area contributed by atoms with Crippen molar-refractivity contribution in [1.82, 2.24) is 19.9 Å². The van der Waals surface area contributed by atoms with Crippen LogP contribution < -0.4 is 11.0 Å². The summed E-state index contributed by atoms with van der Waals surface area (Å²) in [5.74, 6) is -0.116. The Kier molecular flexibility index (Phi) is 3.55. The number of fused-ring (bicyclic) bond motifs is 1. The molecule has 2 aromatic heterocycles. The lowest BCUT2D eigenvalue weighted by atomic mass is 10.1. The summed E-state index contributed by atoms with van der Waals surface area (Å²) in [6, 6.07) is 5.68. The molecule has 0 aliphatic rings. The van der Waals surface area contributed by atoms with Crippen molar-refractivity contribution < 1.29 is 13.2 Å². The molecule has 6 nitrogen and oxygen atoms in total. The smallest absolute Gasteiger partial charge is 0.348 e. The van der Waals surface area contributed by atoms with Gasteiger partial charge < -0.3 is 15.3 Å². The summed E-state index contributed by atoms with van der Waals surface area (Å²) in [7, 11) is 0. The monoisotopic (exact) mass is 323 g/mol. The van der Waals surface area contributed by atoms with Gasteiger partial charge in [0.15, 0.2) is 0 Å². The molecule has 23 heavy (non-hydrogen) atoms. The zero-order valence-electron chi connectivity index (χ0n) is 11.9. The summed E-state index contributed by atoms with van der Waals surface area (Å²) in [5, 5.41) is 2.82. The minimum atomic E-state index is -4.52. The quantitative estimate of drug-likeness (QED) is 0.692. The second-order valence-electron chi connectivity index (χ2n) is 5.01. The van der Waals surface area contributed by atoms with Crippen LogP contribution in [0.2, 0.25) is 0 Å². The molecule has 0 aliphatic carbocycles. The predicted molar refractivity (Wildman–Crippen MR) is 78.0 cm³/mol. The van der Waals surface area contributed by atoms with Crippen LogP contribution in [0.4, 0.5) is 19.1 Å². The van der Waals surface area contributed by atoms with E-state index >= 15 is 0 Å². The van der Waals surface area contributed by atoms with Crippen LogP contribution in [0.1, 0.15) is 24.2 Å². The normalized spacial score (nSPS) is 13.2. The van der Waals surface area contributed by atoms with Gasteiger partial charge >= 0.3 is 11.9 Å². The van der Waals surface area contributed by atoms with E-state index in [0.717, 1.165) is 17.8 Å². The molecule has 3 N–H and O–H groups in total. The highest BCUT2D eigenvalue weighted by Crippen LogP contribution is 2.28. The van der Waals surface area contributed by atoms with Gasteiger partial charge in [-0.15, -0.1) is 0 Å². The van der Waals surface area contributed by atoms with Gasteiger partial charge in [-0.05, 0) is 30.7 Å². The van der Waals surface area contributed by atoms with Gasteiger partial charge in [-0.25, -0.2) is 14.8 Å². The van der Waals surface area contributed by atoms with E-state index in [-0.39, 0.29) is 17.7 Å².